The molecular formula is C20H29NO2. The van der Waals surface area contributed by atoms with E-state index in [0.717, 1.165) is 38.9 Å². The molecule has 1 spiro atoms. The summed E-state index contributed by atoms with van der Waals surface area (Å²) < 4.78 is 12.5. The van der Waals surface area contributed by atoms with Crippen LogP contribution in [0.15, 0.2) is 6.20 Å². The Bertz CT molecular complexity index is 618. The molecule has 1 saturated heterocycles. The molecule has 3 nitrogen and oxygen atoms in total. The fourth-order valence-electron chi connectivity index (χ4n) is 4.68. The van der Waals surface area contributed by atoms with Crippen LogP contribution in [0, 0.1) is 11.3 Å². The van der Waals surface area contributed by atoms with Crippen LogP contribution in [0.4, 0.5) is 0 Å². The van der Waals surface area contributed by atoms with Crippen LogP contribution in [0.5, 0.6) is 0 Å². The molecule has 3 aliphatic rings. The van der Waals surface area contributed by atoms with Crippen molar-refractivity contribution in [1.82, 2.24) is 4.98 Å². The summed E-state index contributed by atoms with van der Waals surface area (Å²) in [6, 6.07) is 0. The fraction of sp³-hybridized carbons (Fsp3) is 0.750. The average molecular weight is 315 g/mol. The van der Waals surface area contributed by atoms with E-state index >= 15 is 0 Å². The van der Waals surface area contributed by atoms with Gasteiger partial charge in [-0.2, -0.15) is 0 Å². The molecule has 23 heavy (non-hydrogen) atoms. The van der Waals surface area contributed by atoms with Gasteiger partial charge in [-0.1, -0.05) is 27.7 Å². The van der Waals surface area contributed by atoms with Gasteiger partial charge in [0.05, 0.1) is 24.9 Å². The SMILES string of the molecule is CC(C)C1CC2(CCO1)OCc1cnc3c(c12)CCC(C)(C)C3. The predicted molar refractivity (Wildman–Crippen MR) is 90.3 cm³/mol. The minimum absolute atomic E-state index is 0.114. The third-order valence-electron chi connectivity index (χ3n) is 6.12. The number of fused-ring (bicyclic) bond motifs is 4. The quantitative estimate of drug-likeness (QED) is 0.780. The first-order chi connectivity index (χ1) is 10.9. The number of ether oxygens (including phenoxy) is 2. The monoisotopic (exact) mass is 315 g/mol. The normalized spacial score (nSPS) is 32.1. The maximum atomic E-state index is 6.43. The molecule has 2 aliphatic heterocycles. The second-order valence-electron chi connectivity index (χ2n) is 8.82. The second kappa shape index (κ2) is 5.29. The molecule has 2 atom stereocenters. The molecule has 126 valence electrons. The Balaban J connectivity index is 1.76. The maximum Gasteiger partial charge on any atom is 0.0989 e. The smallest absolute Gasteiger partial charge is 0.0989 e. The highest BCUT2D eigenvalue weighted by atomic mass is 16.5. The van der Waals surface area contributed by atoms with Crippen LogP contribution in [0.25, 0.3) is 0 Å². The van der Waals surface area contributed by atoms with Crippen LogP contribution in [0.2, 0.25) is 0 Å². The highest BCUT2D eigenvalue weighted by Crippen LogP contribution is 2.50. The van der Waals surface area contributed by atoms with Crippen LogP contribution in [-0.4, -0.2) is 17.7 Å². The highest BCUT2D eigenvalue weighted by Gasteiger charge is 2.47. The van der Waals surface area contributed by atoms with Crippen molar-refractivity contribution in [2.75, 3.05) is 6.61 Å². The third kappa shape index (κ3) is 2.53. The summed E-state index contributed by atoms with van der Waals surface area (Å²) in [5.41, 5.74) is 5.90. The molecule has 1 aliphatic carbocycles. The fourth-order valence-corrected chi connectivity index (χ4v) is 4.68. The molecule has 0 N–H and O–H groups in total. The first-order valence-corrected chi connectivity index (χ1v) is 9.16. The Morgan fingerprint density at radius 1 is 1.26 bits per heavy atom. The maximum absolute atomic E-state index is 6.43. The van der Waals surface area contributed by atoms with Crippen molar-refractivity contribution < 1.29 is 9.47 Å². The Hall–Kier alpha value is -0.930. The van der Waals surface area contributed by atoms with Gasteiger partial charge in [-0.15, -0.1) is 0 Å². The van der Waals surface area contributed by atoms with Crippen molar-refractivity contribution in [3.05, 3.63) is 28.6 Å². The van der Waals surface area contributed by atoms with Gasteiger partial charge in [0, 0.05) is 30.3 Å². The highest BCUT2D eigenvalue weighted by molar-refractivity contribution is 5.45. The number of rotatable bonds is 1. The zero-order valence-corrected chi connectivity index (χ0v) is 14.9. The molecule has 3 heterocycles. The summed E-state index contributed by atoms with van der Waals surface area (Å²) >= 11 is 0. The van der Waals surface area contributed by atoms with Gasteiger partial charge in [-0.3, -0.25) is 4.98 Å². The first-order valence-electron chi connectivity index (χ1n) is 9.16. The number of aromatic nitrogens is 1. The number of hydrogen-bond acceptors (Lipinski definition) is 3. The lowest BCUT2D eigenvalue weighted by Gasteiger charge is -2.41. The van der Waals surface area contributed by atoms with E-state index in [9.17, 15) is 0 Å². The number of nitrogens with zero attached hydrogens (tertiary/aromatic N) is 1. The molecule has 0 bridgehead atoms. The minimum Gasteiger partial charge on any atom is -0.378 e. The molecule has 0 amide bonds. The Morgan fingerprint density at radius 2 is 2.09 bits per heavy atom. The number of pyridine rings is 1. The minimum atomic E-state index is -0.114. The van der Waals surface area contributed by atoms with E-state index in [1.54, 1.807) is 0 Å². The van der Waals surface area contributed by atoms with Crippen molar-refractivity contribution in [3.63, 3.8) is 0 Å². The van der Waals surface area contributed by atoms with E-state index < -0.39 is 0 Å². The van der Waals surface area contributed by atoms with Gasteiger partial charge in [-0.05, 0) is 41.7 Å². The van der Waals surface area contributed by atoms with Gasteiger partial charge in [0.1, 0.15) is 0 Å². The molecule has 1 aromatic heterocycles. The second-order valence-corrected chi connectivity index (χ2v) is 8.82. The number of hydrogen-bond donors (Lipinski definition) is 0. The predicted octanol–water partition coefficient (Wildman–Crippen LogP) is 4.16. The lowest BCUT2D eigenvalue weighted by Crippen LogP contribution is -2.41. The van der Waals surface area contributed by atoms with Gasteiger partial charge in [0.15, 0.2) is 0 Å². The van der Waals surface area contributed by atoms with Crippen molar-refractivity contribution in [3.8, 4) is 0 Å². The van der Waals surface area contributed by atoms with Gasteiger partial charge >= 0.3 is 0 Å². The molecule has 1 fully saturated rings. The van der Waals surface area contributed by atoms with Gasteiger partial charge in [-0.25, -0.2) is 0 Å². The van der Waals surface area contributed by atoms with Gasteiger partial charge < -0.3 is 9.47 Å². The van der Waals surface area contributed by atoms with Crippen LogP contribution in [0.1, 0.15) is 69.3 Å². The van der Waals surface area contributed by atoms with E-state index in [2.05, 4.69) is 33.9 Å². The van der Waals surface area contributed by atoms with Crippen molar-refractivity contribution in [1.29, 1.82) is 0 Å². The lowest BCUT2D eigenvalue weighted by molar-refractivity contribution is -0.147. The van der Waals surface area contributed by atoms with E-state index in [1.165, 1.54) is 28.8 Å². The summed E-state index contributed by atoms with van der Waals surface area (Å²) in [5.74, 6) is 0.538. The van der Waals surface area contributed by atoms with Gasteiger partial charge in [0.25, 0.3) is 0 Å². The Labute approximate surface area is 139 Å². The van der Waals surface area contributed by atoms with E-state index in [-0.39, 0.29) is 5.60 Å². The van der Waals surface area contributed by atoms with Gasteiger partial charge in [0.2, 0.25) is 0 Å². The van der Waals surface area contributed by atoms with Crippen molar-refractivity contribution >= 4 is 0 Å². The zero-order chi connectivity index (χ0) is 16.2. The molecule has 2 unspecified atom stereocenters. The molecule has 1 aromatic rings. The molecular weight excluding hydrogens is 286 g/mol. The summed E-state index contributed by atoms with van der Waals surface area (Å²) in [5, 5.41) is 0. The van der Waals surface area contributed by atoms with E-state index in [1.807, 2.05) is 0 Å². The standard InChI is InChI=1S/C20H29NO2/c1-13(2)17-10-20(7-8-22-17)18-14(12-23-20)11-21-16-9-19(3,4)6-5-15(16)18/h11,13,17H,5-10,12H2,1-4H3. The largest absolute Gasteiger partial charge is 0.378 e. The first kappa shape index (κ1) is 15.6. The van der Waals surface area contributed by atoms with Crippen LogP contribution in [-0.2, 0) is 34.5 Å². The molecule has 4 rings (SSSR count). The van der Waals surface area contributed by atoms with Crippen molar-refractivity contribution in [2.45, 2.75) is 78.1 Å². The summed E-state index contributed by atoms with van der Waals surface area (Å²) in [6.45, 7) is 10.8. The lowest BCUT2D eigenvalue weighted by atomic mass is 9.71. The summed E-state index contributed by atoms with van der Waals surface area (Å²) in [7, 11) is 0. The summed E-state index contributed by atoms with van der Waals surface area (Å²) in [6.07, 6.45) is 7.87. The topological polar surface area (TPSA) is 31.4 Å². The third-order valence-corrected chi connectivity index (χ3v) is 6.12. The summed E-state index contributed by atoms with van der Waals surface area (Å²) in [4.78, 5) is 4.81. The Morgan fingerprint density at radius 3 is 2.87 bits per heavy atom. The zero-order valence-electron chi connectivity index (χ0n) is 14.9. The molecule has 0 aromatic carbocycles. The van der Waals surface area contributed by atoms with Crippen LogP contribution < -0.4 is 0 Å². The van der Waals surface area contributed by atoms with Crippen molar-refractivity contribution in [2.24, 2.45) is 11.3 Å². The molecule has 3 heteroatoms. The average Bonchev–Trinajstić information content (AvgIpc) is 2.85. The van der Waals surface area contributed by atoms with E-state index in [4.69, 9.17) is 14.5 Å². The molecule has 0 saturated carbocycles. The van der Waals surface area contributed by atoms with Crippen LogP contribution in [0.3, 0.4) is 0 Å². The Kier molecular flexibility index (Phi) is 3.58. The molecule has 0 radical (unpaired) electrons. The van der Waals surface area contributed by atoms with Crippen LogP contribution >= 0.6 is 0 Å². The van der Waals surface area contributed by atoms with E-state index in [0.29, 0.717) is 17.4 Å².